The van der Waals surface area contributed by atoms with E-state index in [9.17, 15) is 4.79 Å². The van der Waals surface area contributed by atoms with E-state index in [1.807, 2.05) is 24.3 Å². The van der Waals surface area contributed by atoms with Gasteiger partial charge in [-0.1, -0.05) is 12.1 Å². The van der Waals surface area contributed by atoms with Crippen LogP contribution in [0.15, 0.2) is 48.8 Å². The average molecular weight is 280 g/mol. The number of nitrogens with one attached hydrogen (secondary N) is 2. The van der Waals surface area contributed by atoms with E-state index in [1.54, 1.807) is 24.5 Å². The fraction of sp³-hybridized carbons (Fsp3) is 0. The lowest BCUT2D eigenvalue weighted by Gasteiger charge is -2.07. The van der Waals surface area contributed by atoms with Gasteiger partial charge in [-0.15, -0.1) is 10.2 Å². The second kappa shape index (κ2) is 5.51. The number of benzene rings is 1. The van der Waals surface area contributed by atoms with Gasteiger partial charge >= 0.3 is 0 Å². The summed E-state index contributed by atoms with van der Waals surface area (Å²) >= 11 is 0. The summed E-state index contributed by atoms with van der Waals surface area (Å²) in [5.41, 5.74) is 3.23. The largest absolute Gasteiger partial charge is 0.320 e. The fourth-order valence-corrected chi connectivity index (χ4v) is 1.94. The number of carbonyl (C=O) groups is 1. The van der Waals surface area contributed by atoms with Gasteiger partial charge in [-0.05, 0) is 29.7 Å². The van der Waals surface area contributed by atoms with Gasteiger partial charge in [0.1, 0.15) is 0 Å². The SMILES string of the molecule is NNc1ccc(C(=O)Nc2cccc3ccncc23)nn1. The summed E-state index contributed by atoms with van der Waals surface area (Å²) in [6, 6.07) is 10.6. The van der Waals surface area contributed by atoms with Crippen molar-refractivity contribution >= 4 is 28.2 Å². The Kier molecular flexibility index (Phi) is 3.40. The van der Waals surface area contributed by atoms with Crippen LogP contribution in [0.2, 0.25) is 0 Å². The van der Waals surface area contributed by atoms with Crippen LogP contribution in [0.5, 0.6) is 0 Å². The van der Waals surface area contributed by atoms with Crippen molar-refractivity contribution in [2.45, 2.75) is 0 Å². The lowest BCUT2D eigenvalue weighted by Crippen LogP contribution is -2.16. The second-order valence-electron chi connectivity index (χ2n) is 4.30. The maximum absolute atomic E-state index is 12.2. The molecule has 0 saturated carbocycles. The molecule has 0 spiro atoms. The summed E-state index contributed by atoms with van der Waals surface area (Å²) in [4.78, 5) is 16.2. The molecular weight excluding hydrogens is 268 g/mol. The maximum Gasteiger partial charge on any atom is 0.276 e. The van der Waals surface area contributed by atoms with Gasteiger partial charge in [0.05, 0.1) is 5.69 Å². The van der Waals surface area contributed by atoms with Gasteiger partial charge in [0.25, 0.3) is 5.91 Å². The van der Waals surface area contributed by atoms with E-state index in [2.05, 4.69) is 25.9 Å². The molecule has 0 aliphatic rings. The molecular formula is C14H12N6O. The van der Waals surface area contributed by atoms with Crippen LogP contribution in [0, 0.1) is 0 Å². The third-order valence-corrected chi connectivity index (χ3v) is 2.98. The number of rotatable bonds is 3. The average Bonchev–Trinajstić information content (AvgIpc) is 2.55. The van der Waals surface area contributed by atoms with E-state index < -0.39 is 0 Å². The van der Waals surface area contributed by atoms with Gasteiger partial charge < -0.3 is 10.7 Å². The van der Waals surface area contributed by atoms with Crippen molar-refractivity contribution in [2.75, 3.05) is 10.7 Å². The van der Waals surface area contributed by atoms with Crippen molar-refractivity contribution in [3.63, 3.8) is 0 Å². The first-order chi connectivity index (χ1) is 10.3. The molecule has 0 atom stereocenters. The molecule has 7 nitrogen and oxygen atoms in total. The van der Waals surface area contributed by atoms with Gasteiger partial charge in [-0.2, -0.15) is 0 Å². The summed E-state index contributed by atoms with van der Waals surface area (Å²) in [5.74, 6) is 5.25. The fourth-order valence-electron chi connectivity index (χ4n) is 1.94. The Morgan fingerprint density at radius 1 is 1.10 bits per heavy atom. The molecule has 0 unspecified atom stereocenters. The smallest absolute Gasteiger partial charge is 0.276 e. The number of amides is 1. The number of nitrogens with two attached hydrogens (primary N) is 1. The highest BCUT2D eigenvalue weighted by molar-refractivity contribution is 6.08. The van der Waals surface area contributed by atoms with E-state index in [0.717, 1.165) is 10.8 Å². The van der Waals surface area contributed by atoms with Gasteiger partial charge in [0.2, 0.25) is 0 Å². The summed E-state index contributed by atoms with van der Waals surface area (Å²) < 4.78 is 0. The van der Waals surface area contributed by atoms with E-state index in [0.29, 0.717) is 11.5 Å². The van der Waals surface area contributed by atoms with E-state index in [1.165, 1.54) is 0 Å². The number of nitrogen functional groups attached to an aromatic ring is 1. The molecule has 104 valence electrons. The monoisotopic (exact) mass is 280 g/mol. The lowest BCUT2D eigenvalue weighted by atomic mass is 10.1. The summed E-state index contributed by atoms with van der Waals surface area (Å²) in [7, 11) is 0. The molecule has 0 bridgehead atoms. The number of hydrogen-bond donors (Lipinski definition) is 3. The van der Waals surface area contributed by atoms with Crippen LogP contribution in [0.25, 0.3) is 10.8 Å². The number of aromatic nitrogens is 3. The summed E-state index contributed by atoms with van der Waals surface area (Å²) in [6.07, 6.45) is 3.41. The number of pyridine rings is 1. The van der Waals surface area contributed by atoms with Crippen LogP contribution in [-0.4, -0.2) is 21.1 Å². The Balaban J connectivity index is 1.89. The number of fused-ring (bicyclic) bond motifs is 1. The number of nitrogens with zero attached hydrogens (tertiary/aromatic N) is 3. The Morgan fingerprint density at radius 3 is 2.76 bits per heavy atom. The standard InChI is InChI=1S/C14H12N6O/c15-18-13-5-4-12(19-20-13)14(21)17-11-3-1-2-9-6-7-16-8-10(9)11/h1-8H,15H2,(H,17,21)(H,18,20). The molecule has 0 aliphatic heterocycles. The first-order valence-corrected chi connectivity index (χ1v) is 6.22. The highest BCUT2D eigenvalue weighted by Crippen LogP contribution is 2.22. The third-order valence-electron chi connectivity index (χ3n) is 2.98. The quantitative estimate of drug-likeness (QED) is 0.496. The molecule has 0 saturated heterocycles. The zero-order chi connectivity index (χ0) is 14.7. The first kappa shape index (κ1) is 12.9. The predicted octanol–water partition coefficient (Wildman–Crippen LogP) is 1.56. The van der Waals surface area contributed by atoms with Crippen molar-refractivity contribution < 1.29 is 4.79 Å². The number of hydrazine groups is 1. The van der Waals surface area contributed by atoms with Crippen molar-refractivity contribution in [3.8, 4) is 0 Å². The Morgan fingerprint density at radius 2 is 2.00 bits per heavy atom. The van der Waals surface area contributed by atoms with Crippen LogP contribution in [0.3, 0.4) is 0 Å². The maximum atomic E-state index is 12.2. The molecule has 3 rings (SSSR count). The topological polar surface area (TPSA) is 106 Å². The van der Waals surface area contributed by atoms with E-state index in [4.69, 9.17) is 5.84 Å². The van der Waals surface area contributed by atoms with Gasteiger partial charge in [0.15, 0.2) is 11.5 Å². The van der Waals surface area contributed by atoms with Crippen LogP contribution < -0.4 is 16.6 Å². The van der Waals surface area contributed by atoms with Crippen LogP contribution in [0.4, 0.5) is 11.5 Å². The number of anilines is 2. The third kappa shape index (κ3) is 2.63. The summed E-state index contributed by atoms with van der Waals surface area (Å²) in [6.45, 7) is 0. The Labute approximate surface area is 120 Å². The minimum Gasteiger partial charge on any atom is -0.320 e. The minimum absolute atomic E-state index is 0.204. The molecule has 1 aromatic carbocycles. The molecule has 7 heteroatoms. The summed E-state index contributed by atoms with van der Waals surface area (Å²) in [5, 5.41) is 12.2. The predicted molar refractivity (Wildman–Crippen MR) is 79.5 cm³/mol. The van der Waals surface area contributed by atoms with E-state index >= 15 is 0 Å². The molecule has 0 fully saturated rings. The first-order valence-electron chi connectivity index (χ1n) is 6.22. The Hall–Kier alpha value is -3.06. The number of carbonyl (C=O) groups excluding carboxylic acids is 1. The van der Waals surface area contributed by atoms with Crippen molar-refractivity contribution in [1.29, 1.82) is 0 Å². The normalized spacial score (nSPS) is 10.3. The van der Waals surface area contributed by atoms with Crippen molar-refractivity contribution in [2.24, 2.45) is 5.84 Å². The zero-order valence-corrected chi connectivity index (χ0v) is 10.9. The highest BCUT2D eigenvalue weighted by atomic mass is 16.1. The molecule has 2 heterocycles. The molecule has 3 aromatic rings. The van der Waals surface area contributed by atoms with E-state index in [-0.39, 0.29) is 11.6 Å². The van der Waals surface area contributed by atoms with Crippen molar-refractivity contribution in [3.05, 3.63) is 54.5 Å². The second-order valence-corrected chi connectivity index (χ2v) is 4.30. The molecule has 1 amide bonds. The highest BCUT2D eigenvalue weighted by Gasteiger charge is 2.10. The molecule has 21 heavy (non-hydrogen) atoms. The van der Waals surface area contributed by atoms with Crippen LogP contribution in [0.1, 0.15) is 10.5 Å². The minimum atomic E-state index is -0.345. The van der Waals surface area contributed by atoms with Gasteiger partial charge in [-0.3, -0.25) is 9.78 Å². The molecule has 0 radical (unpaired) electrons. The lowest BCUT2D eigenvalue weighted by molar-refractivity contribution is 0.102. The van der Waals surface area contributed by atoms with Crippen LogP contribution >= 0.6 is 0 Å². The number of hydrogen-bond acceptors (Lipinski definition) is 6. The molecule has 4 N–H and O–H groups in total. The van der Waals surface area contributed by atoms with Crippen molar-refractivity contribution in [1.82, 2.24) is 15.2 Å². The van der Waals surface area contributed by atoms with Gasteiger partial charge in [0, 0.05) is 17.8 Å². The Bertz CT molecular complexity index is 782. The zero-order valence-electron chi connectivity index (χ0n) is 10.9. The van der Waals surface area contributed by atoms with Gasteiger partial charge in [-0.25, -0.2) is 5.84 Å². The molecule has 2 aromatic heterocycles. The van der Waals surface area contributed by atoms with Crippen LogP contribution in [-0.2, 0) is 0 Å². The molecule has 0 aliphatic carbocycles.